The van der Waals surface area contributed by atoms with Gasteiger partial charge in [0.2, 0.25) is 0 Å². The third kappa shape index (κ3) is 3.12. The molecule has 0 unspecified atom stereocenters. The van der Waals surface area contributed by atoms with Crippen LogP contribution in [0.2, 0.25) is 0 Å². The molecule has 1 aliphatic carbocycles. The number of rotatable bonds is 4. The minimum atomic E-state index is -0.537. The lowest BCUT2D eigenvalue weighted by Crippen LogP contribution is -2.13. The van der Waals surface area contributed by atoms with E-state index in [0.717, 1.165) is 18.9 Å². The minimum absolute atomic E-state index is 0.232. The van der Waals surface area contributed by atoms with Crippen molar-refractivity contribution in [1.29, 1.82) is 0 Å². The van der Waals surface area contributed by atoms with E-state index in [4.69, 9.17) is 5.73 Å². The van der Waals surface area contributed by atoms with E-state index in [1.54, 1.807) is 0 Å². The van der Waals surface area contributed by atoms with Crippen LogP contribution in [0, 0.1) is 5.92 Å². The van der Waals surface area contributed by atoms with Gasteiger partial charge in [0.15, 0.2) is 0 Å². The summed E-state index contributed by atoms with van der Waals surface area (Å²) in [6, 6.07) is 0. The quantitative estimate of drug-likeness (QED) is 0.428. The van der Waals surface area contributed by atoms with Gasteiger partial charge < -0.3 is 15.2 Å². The average Bonchev–Trinajstić information content (AvgIpc) is 3.11. The zero-order valence-corrected chi connectivity index (χ0v) is 9.36. The lowest BCUT2D eigenvalue weighted by atomic mass is 10.1. The van der Waals surface area contributed by atoms with Gasteiger partial charge in [-0.15, -0.1) is 0 Å². The van der Waals surface area contributed by atoms with Crippen LogP contribution in [0.25, 0.3) is 0 Å². The van der Waals surface area contributed by atoms with Crippen LogP contribution in [0.1, 0.15) is 12.8 Å². The topological polar surface area (TPSA) is 78.6 Å². The van der Waals surface area contributed by atoms with Gasteiger partial charge in [-0.05, 0) is 24.8 Å². The fourth-order valence-electron chi connectivity index (χ4n) is 1.23. The Morgan fingerprint density at radius 3 is 2.25 bits per heavy atom. The first-order valence-electron chi connectivity index (χ1n) is 4.94. The second kappa shape index (κ2) is 5.34. The molecule has 0 aromatic rings. The Labute approximate surface area is 93.9 Å². The van der Waals surface area contributed by atoms with Crippen molar-refractivity contribution in [2.24, 2.45) is 11.7 Å². The standard InChI is InChI=1S/C11H15NO4/c1-15-9(13)6-5-8(11(14)16-2)10(12)7-3-4-7/h5-7H,3-4,12H2,1-2H3/b6-5+,10-8-. The van der Waals surface area contributed by atoms with Crippen LogP contribution in [0.5, 0.6) is 0 Å². The molecule has 0 aromatic heterocycles. The normalized spacial score (nSPS) is 16.9. The van der Waals surface area contributed by atoms with E-state index in [0.29, 0.717) is 5.70 Å². The summed E-state index contributed by atoms with van der Waals surface area (Å²) in [7, 11) is 2.53. The average molecular weight is 225 g/mol. The number of hydrogen-bond acceptors (Lipinski definition) is 5. The molecule has 0 aliphatic heterocycles. The van der Waals surface area contributed by atoms with Crippen LogP contribution in [0.3, 0.4) is 0 Å². The van der Waals surface area contributed by atoms with Crippen molar-refractivity contribution in [1.82, 2.24) is 0 Å². The van der Waals surface area contributed by atoms with Crippen molar-refractivity contribution in [2.75, 3.05) is 14.2 Å². The fourth-order valence-corrected chi connectivity index (χ4v) is 1.23. The number of methoxy groups -OCH3 is 2. The highest BCUT2D eigenvalue weighted by molar-refractivity contribution is 5.94. The van der Waals surface area contributed by atoms with E-state index >= 15 is 0 Å². The van der Waals surface area contributed by atoms with Crippen LogP contribution in [-0.2, 0) is 19.1 Å². The van der Waals surface area contributed by atoms with Crippen LogP contribution in [0.15, 0.2) is 23.4 Å². The molecule has 16 heavy (non-hydrogen) atoms. The summed E-state index contributed by atoms with van der Waals surface area (Å²) in [5.74, 6) is -0.842. The summed E-state index contributed by atoms with van der Waals surface area (Å²) >= 11 is 0. The number of carbonyl (C=O) groups is 2. The van der Waals surface area contributed by atoms with Crippen molar-refractivity contribution in [3.05, 3.63) is 23.4 Å². The highest BCUT2D eigenvalue weighted by Crippen LogP contribution is 2.35. The third-order valence-corrected chi connectivity index (χ3v) is 2.32. The zero-order valence-electron chi connectivity index (χ0n) is 9.36. The molecule has 0 atom stereocenters. The van der Waals surface area contributed by atoms with Crippen LogP contribution in [0.4, 0.5) is 0 Å². The van der Waals surface area contributed by atoms with Gasteiger partial charge in [0, 0.05) is 11.8 Å². The van der Waals surface area contributed by atoms with Gasteiger partial charge >= 0.3 is 11.9 Å². The fraction of sp³-hybridized carbons (Fsp3) is 0.455. The predicted molar refractivity (Wildman–Crippen MR) is 57.1 cm³/mol. The first-order chi connectivity index (χ1) is 7.60. The van der Waals surface area contributed by atoms with Crippen molar-refractivity contribution in [3.8, 4) is 0 Å². The summed E-state index contributed by atoms with van der Waals surface area (Å²) < 4.78 is 9.03. The van der Waals surface area contributed by atoms with Gasteiger partial charge in [-0.2, -0.15) is 0 Å². The SMILES string of the molecule is COC(=O)/C=C/C(C(=O)OC)=C(/N)C1CC1. The molecule has 88 valence electrons. The molecular weight excluding hydrogens is 210 g/mol. The molecule has 0 spiro atoms. The lowest BCUT2D eigenvalue weighted by Gasteiger charge is -2.05. The molecule has 1 fully saturated rings. The van der Waals surface area contributed by atoms with Crippen molar-refractivity contribution in [3.63, 3.8) is 0 Å². The highest BCUT2D eigenvalue weighted by Gasteiger charge is 2.28. The summed E-state index contributed by atoms with van der Waals surface area (Å²) in [6.45, 7) is 0. The maximum Gasteiger partial charge on any atom is 0.339 e. The molecule has 2 N–H and O–H groups in total. The summed E-state index contributed by atoms with van der Waals surface area (Å²) in [4.78, 5) is 22.3. The lowest BCUT2D eigenvalue weighted by molar-refractivity contribution is -0.135. The first-order valence-corrected chi connectivity index (χ1v) is 4.94. The van der Waals surface area contributed by atoms with Crippen molar-refractivity contribution in [2.45, 2.75) is 12.8 Å². The molecule has 5 nitrogen and oxygen atoms in total. The van der Waals surface area contributed by atoms with Gasteiger partial charge in [-0.3, -0.25) is 0 Å². The van der Waals surface area contributed by atoms with Gasteiger partial charge in [-0.25, -0.2) is 9.59 Å². The number of esters is 2. The van der Waals surface area contributed by atoms with E-state index in [9.17, 15) is 9.59 Å². The maximum absolute atomic E-state index is 11.4. The number of nitrogens with two attached hydrogens (primary N) is 1. The predicted octanol–water partition coefficient (Wildman–Crippen LogP) is 0.511. The molecule has 1 saturated carbocycles. The molecule has 0 heterocycles. The molecule has 1 aliphatic rings. The molecule has 0 saturated heterocycles. The van der Waals surface area contributed by atoms with Gasteiger partial charge in [0.25, 0.3) is 0 Å². The second-order valence-corrected chi connectivity index (χ2v) is 3.49. The molecule has 0 radical (unpaired) electrons. The highest BCUT2D eigenvalue weighted by atomic mass is 16.5. The Bertz CT molecular complexity index is 353. The molecule has 5 heteroatoms. The molecule has 1 rings (SSSR count). The summed E-state index contributed by atoms with van der Waals surface area (Å²) in [5.41, 5.74) is 6.51. The number of ether oxygens (including phenoxy) is 2. The maximum atomic E-state index is 11.4. The van der Waals surface area contributed by atoms with E-state index in [1.807, 2.05) is 0 Å². The minimum Gasteiger partial charge on any atom is -0.466 e. The summed E-state index contributed by atoms with van der Waals surface area (Å²) in [5, 5.41) is 0. The number of hydrogen-bond donors (Lipinski definition) is 1. The number of carbonyl (C=O) groups excluding carboxylic acids is 2. The molecular formula is C11H15NO4. The number of allylic oxidation sites excluding steroid dienone is 1. The zero-order chi connectivity index (χ0) is 12.1. The van der Waals surface area contributed by atoms with E-state index in [2.05, 4.69) is 9.47 Å². The Morgan fingerprint density at radius 1 is 1.19 bits per heavy atom. The Kier molecular flexibility index (Phi) is 4.10. The third-order valence-electron chi connectivity index (χ3n) is 2.32. The Balaban J connectivity index is 2.87. The van der Waals surface area contributed by atoms with Crippen LogP contribution in [-0.4, -0.2) is 26.2 Å². The van der Waals surface area contributed by atoms with E-state index in [-0.39, 0.29) is 11.5 Å². The van der Waals surface area contributed by atoms with Gasteiger partial charge in [0.1, 0.15) is 0 Å². The smallest absolute Gasteiger partial charge is 0.339 e. The Hall–Kier alpha value is -1.78. The van der Waals surface area contributed by atoms with Crippen LogP contribution >= 0.6 is 0 Å². The van der Waals surface area contributed by atoms with E-state index < -0.39 is 11.9 Å². The monoisotopic (exact) mass is 225 g/mol. The summed E-state index contributed by atoms with van der Waals surface area (Å²) in [6.07, 6.45) is 4.43. The molecule has 0 amide bonds. The molecule has 0 bridgehead atoms. The molecule has 0 aromatic carbocycles. The Morgan fingerprint density at radius 2 is 1.81 bits per heavy atom. The van der Waals surface area contributed by atoms with Gasteiger partial charge in [0.05, 0.1) is 19.8 Å². The van der Waals surface area contributed by atoms with E-state index in [1.165, 1.54) is 20.3 Å². The largest absolute Gasteiger partial charge is 0.466 e. The van der Waals surface area contributed by atoms with Crippen LogP contribution < -0.4 is 5.73 Å². The van der Waals surface area contributed by atoms with Crippen molar-refractivity contribution >= 4 is 11.9 Å². The second-order valence-electron chi connectivity index (χ2n) is 3.49. The van der Waals surface area contributed by atoms with Gasteiger partial charge in [-0.1, -0.05) is 0 Å². The van der Waals surface area contributed by atoms with Crippen molar-refractivity contribution < 1.29 is 19.1 Å². The first kappa shape index (κ1) is 12.3.